The molecule has 1 aromatic carbocycles. The zero-order valence-electron chi connectivity index (χ0n) is 16.2. The van der Waals surface area contributed by atoms with E-state index in [0.717, 1.165) is 0 Å². The summed E-state index contributed by atoms with van der Waals surface area (Å²) in [4.78, 5) is 25.3. The van der Waals surface area contributed by atoms with Crippen molar-refractivity contribution in [2.75, 3.05) is 41.3 Å². The largest absolute Gasteiger partial charge is 0.366 e. The summed E-state index contributed by atoms with van der Waals surface area (Å²) in [6.45, 7) is 6.13. The Bertz CT molecular complexity index is 1030. The van der Waals surface area contributed by atoms with Crippen LogP contribution in [0.5, 0.6) is 0 Å². The molecule has 1 amide bonds. The molecule has 1 N–H and O–H groups in total. The van der Waals surface area contributed by atoms with Gasteiger partial charge in [0.2, 0.25) is 0 Å². The molecule has 2 aromatic heterocycles. The number of hydrogen-bond acceptors (Lipinski definition) is 7. The smallest absolute Gasteiger partial charge is 0.275 e. The second kappa shape index (κ2) is 7.86. The summed E-state index contributed by atoms with van der Waals surface area (Å²) in [6, 6.07) is 10.1. The van der Waals surface area contributed by atoms with Crippen molar-refractivity contribution in [3.8, 4) is 0 Å². The standard InChI is InChI=1S/C20H21FN6O2/c1-13-11-18(25-29-13)24-20(28)16-12-19(23-14(2)22-16)27-9-7-26(8-10-27)17-6-4-3-5-15(17)21/h3-6,11-12H,7-10H2,1-2H3,(H,24,25,28). The zero-order valence-corrected chi connectivity index (χ0v) is 16.2. The molecule has 0 unspecified atom stereocenters. The van der Waals surface area contributed by atoms with Crippen LogP contribution >= 0.6 is 0 Å². The van der Waals surface area contributed by atoms with E-state index in [1.807, 2.05) is 11.0 Å². The lowest BCUT2D eigenvalue weighted by atomic mass is 10.2. The molecule has 1 aliphatic heterocycles. The molecular weight excluding hydrogens is 375 g/mol. The van der Waals surface area contributed by atoms with Gasteiger partial charge in [-0.3, -0.25) is 4.79 Å². The topological polar surface area (TPSA) is 87.4 Å². The van der Waals surface area contributed by atoms with Crippen molar-refractivity contribution in [3.63, 3.8) is 0 Å². The number of carbonyl (C=O) groups is 1. The Balaban J connectivity index is 1.47. The molecule has 3 heterocycles. The predicted octanol–water partition coefficient (Wildman–Crippen LogP) is 2.80. The Kier molecular flexibility index (Phi) is 5.11. The van der Waals surface area contributed by atoms with Crippen LogP contribution in [0.3, 0.4) is 0 Å². The van der Waals surface area contributed by atoms with Gasteiger partial charge in [0.1, 0.15) is 28.9 Å². The van der Waals surface area contributed by atoms with Crippen molar-refractivity contribution >= 4 is 23.2 Å². The van der Waals surface area contributed by atoms with Crippen LogP contribution in [0.1, 0.15) is 22.1 Å². The van der Waals surface area contributed by atoms with Gasteiger partial charge in [-0.05, 0) is 26.0 Å². The number of aryl methyl sites for hydroxylation is 2. The number of anilines is 3. The monoisotopic (exact) mass is 396 g/mol. The van der Waals surface area contributed by atoms with Crippen LogP contribution in [-0.4, -0.2) is 47.2 Å². The Morgan fingerprint density at radius 1 is 1.07 bits per heavy atom. The first-order chi connectivity index (χ1) is 14.0. The molecule has 1 fully saturated rings. The van der Waals surface area contributed by atoms with E-state index in [1.54, 1.807) is 38.1 Å². The van der Waals surface area contributed by atoms with E-state index in [-0.39, 0.29) is 17.4 Å². The van der Waals surface area contributed by atoms with Crippen LogP contribution in [0.4, 0.5) is 21.7 Å². The van der Waals surface area contributed by atoms with Crippen LogP contribution in [0.15, 0.2) is 40.9 Å². The number of nitrogens with one attached hydrogen (secondary N) is 1. The van der Waals surface area contributed by atoms with Crippen molar-refractivity contribution in [2.45, 2.75) is 13.8 Å². The summed E-state index contributed by atoms with van der Waals surface area (Å²) >= 11 is 0. The van der Waals surface area contributed by atoms with E-state index < -0.39 is 0 Å². The van der Waals surface area contributed by atoms with Crippen LogP contribution in [0.25, 0.3) is 0 Å². The van der Waals surface area contributed by atoms with Crippen molar-refractivity contribution in [2.24, 2.45) is 0 Å². The SMILES string of the molecule is Cc1nc(C(=O)Nc2cc(C)on2)cc(N2CCN(c3ccccc3F)CC2)n1. The Hall–Kier alpha value is -3.49. The highest BCUT2D eigenvalue weighted by Gasteiger charge is 2.22. The summed E-state index contributed by atoms with van der Waals surface area (Å²) in [7, 11) is 0. The number of halogens is 1. The molecular formula is C20H21FN6O2. The second-order valence-corrected chi connectivity index (χ2v) is 6.86. The van der Waals surface area contributed by atoms with Gasteiger partial charge < -0.3 is 19.6 Å². The second-order valence-electron chi connectivity index (χ2n) is 6.86. The van der Waals surface area contributed by atoms with Crippen molar-refractivity contribution in [1.29, 1.82) is 0 Å². The number of rotatable bonds is 4. The number of carbonyl (C=O) groups excluding carboxylic acids is 1. The molecule has 0 saturated carbocycles. The molecule has 0 bridgehead atoms. The highest BCUT2D eigenvalue weighted by atomic mass is 19.1. The van der Waals surface area contributed by atoms with Gasteiger partial charge in [0.15, 0.2) is 5.82 Å². The van der Waals surface area contributed by atoms with Crippen molar-refractivity contribution in [3.05, 3.63) is 59.5 Å². The summed E-state index contributed by atoms with van der Waals surface area (Å²) in [5, 5.41) is 6.43. The average molecular weight is 396 g/mol. The van der Waals surface area contributed by atoms with Crippen LogP contribution in [-0.2, 0) is 0 Å². The van der Waals surface area contributed by atoms with Gasteiger partial charge in [0.25, 0.3) is 5.91 Å². The van der Waals surface area contributed by atoms with Gasteiger partial charge in [0, 0.05) is 38.3 Å². The first kappa shape index (κ1) is 18.9. The fourth-order valence-electron chi connectivity index (χ4n) is 3.32. The van der Waals surface area contributed by atoms with E-state index in [0.29, 0.717) is 55.1 Å². The molecule has 1 aliphatic rings. The third-order valence-electron chi connectivity index (χ3n) is 4.72. The summed E-state index contributed by atoms with van der Waals surface area (Å²) in [5.41, 5.74) is 0.860. The lowest BCUT2D eigenvalue weighted by Gasteiger charge is -2.36. The molecule has 3 aromatic rings. The first-order valence-corrected chi connectivity index (χ1v) is 9.34. The van der Waals surface area contributed by atoms with E-state index in [9.17, 15) is 9.18 Å². The zero-order chi connectivity index (χ0) is 20.4. The Morgan fingerprint density at radius 2 is 1.79 bits per heavy atom. The van der Waals surface area contributed by atoms with Gasteiger partial charge in [0.05, 0.1) is 5.69 Å². The van der Waals surface area contributed by atoms with Gasteiger partial charge in [-0.15, -0.1) is 0 Å². The molecule has 150 valence electrons. The predicted molar refractivity (Wildman–Crippen MR) is 107 cm³/mol. The molecule has 0 spiro atoms. The third-order valence-corrected chi connectivity index (χ3v) is 4.72. The maximum Gasteiger partial charge on any atom is 0.275 e. The van der Waals surface area contributed by atoms with Crippen LogP contribution in [0, 0.1) is 19.7 Å². The molecule has 29 heavy (non-hydrogen) atoms. The number of hydrogen-bond donors (Lipinski definition) is 1. The van der Waals surface area contributed by atoms with E-state index in [4.69, 9.17) is 4.52 Å². The quantitative estimate of drug-likeness (QED) is 0.726. The summed E-state index contributed by atoms with van der Waals surface area (Å²) < 4.78 is 19.0. The lowest BCUT2D eigenvalue weighted by molar-refractivity contribution is 0.102. The maximum atomic E-state index is 14.0. The van der Waals surface area contributed by atoms with E-state index in [1.165, 1.54) is 6.07 Å². The number of piperazine rings is 1. The molecule has 8 nitrogen and oxygen atoms in total. The summed E-state index contributed by atoms with van der Waals surface area (Å²) in [6.07, 6.45) is 0. The molecule has 0 aliphatic carbocycles. The van der Waals surface area contributed by atoms with Gasteiger partial charge in [-0.1, -0.05) is 17.3 Å². The average Bonchev–Trinajstić information content (AvgIpc) is 3.12. The highest BCUT2D eigenvalue weighted by Crippen LogP contribution is 2.22. The number of nitrogens with zero attached hydrogens (tertiary/aromatic N) is 5. The molecule has 0 atom stereocenters. The van der Waals surface area contributed by atoms with E-state index >= 15 is 0 Å². The molecule has 1 saturated heterocycles. The van der Waals surface area contributed by atoms with Crippen molar-refractivity contribution in [1.82, 2.24) is 15.1 Å². The normalized spacial score (nSPS) is 14.2. The van der Waals surface area contributed by atoms with Crippen LogP contribution < -0.4 is 15.1 Å². The Morgan fingerprint density at radius 3 is 2.48 bits per heavy atom. The molecule has 9 heteroatoms. The number of aromatic nitrogens is 3. The minimum absolute atomic E-state index is 0.221. The fraction of sp³-hybridized carbons (Fsp3) is 0.300. The fourth-order valence-corrected chi connectivity index (χ4v) is 3.32. The van der Waals surface area contributed by atoms with Gasteiger partial charge in [-0.25, -0.2) is 14.4 Å². The number of benzene rings is 1. The number of para-hydroxylation sites is 1. The lowest BCUT2D eigenvalue weighted by Crippen LogP contribution is -2.47. The molecule has 0 radical (unpaired) electrons. The minimum Gasteiger partial charge on any atom is -0.366 e. The van der Waals surface area contributed by atoms with Gasteiger partial charge in [-0.2, -0.15) is 0 Å². The number of amides is 1. The third kappa shape index (κ3) is 4.18. The Labute approximate surface area is 167 Å². The van der Waals surface area contributed by atoms with E-state index in [2.05, 4.69) is 25.3 Å². The maximum absolute atomic E-state index is 14.0. The first-order valence-electron chi connectivity index (χ1n) is 9.34. The minimum atomic E-state index is -0.380. The van der Waals surface area contributed by atoms with Crippen molar-refractivity contribution < 1.29 is 13.7 Å². The highest BCUT2D eigenvalue weighted by molar-refractivity contribution is 6.02. The summed E-state index contributed by atoms with van der Waals surface area (Å²) in [5.74, 6) is 1.51. The molecule has 4 rings (SSSR count). The van der Waals surface area contributed by atoms with Gasteiger partial charge >= 0.3 is 0 Å². The van der Waals surface area contributed by atoms with Crippen LogP contribution in [0.2, 0.25) is 0 Å².